The Hall–Kier alpha value is -2.04. The zero-order valence-electron chi connectivity index (χ0n) is 37.6. The Morgan fingerprint density at radius 3 is 1.41 bits per heavy atom. The fraction of sp³-hybridized carbons (Fsp3) is 0.851. The molecule has 0 aromatic heterocycles. The third-order valence-electron chi connectivity index (χ3n) is 10.5. The summed E-state index contributed by atoms with van der Waals surface area (Å²) in [7, 11) is -4.76. The normalized spacial score (nSPS) is 13.8. The molecule has 346 valence electrons. The van der Waals surface area contributed by atoms with Crippen LogP contribution in [0.3, 0.4) is 0 Å². The third kappa shape index (κ3) is 42.4. The van der Waals surface area contributed by atoms with Gasteiger partial charge in [0.2, 0.25) is 5.91 Å². The number of esters is 1. The second-order valence-corrected chi connectivity index (χ2v) is 17.8. The van der Waals surface area contributed by atoms with Crippen LogP contribution >= 0.6 is 7.82 Å². The van der Waals surface area contributed by atoms with E-state index in [1.165, 1.54) is 128 Å². The number of phosphoric ester groups is 1. The van der Waals surface area contributed by atoms with Crippen LogP contribution in [0.1, 0.15) is 226 Å². The van der Waals surface area contributed by atoms with Crippen LogP contribution in [-0.4, -0.2) is 64.9 Å². The van der Waals surface area contributed by atoms with Crippen molar-refractivity contribution in [2.24, 2.45) is 0 Å². The summed E-state index contributed by atoms with van der Waals surface area (Å²) in [5, 5.41) is 21.9. The molecule has 1 amide bonds. The van der Waals surface area contributed by atoms with Crippen molar-refractivity contribution in [3.63, 3.8) is 0 Å². The summed E-state index contributed by atoms with van der Waals surface area (Å²) in [6, 6.07) is -1.55. The average Bonchev–Trinajstić information content (AvgIpc) is 3.21. The maximum atomic E-state index is 12.3. The second kappa shape index (κ2) is 42.6. The number of aliphatic hydroxyl groups excluding tert-OH is 1. The number of carboxylic acid groups (broad SMARTS) is 1. The molecule has 0 saturated heterocycles. The number of carbonyl (C=O) groups excluding carboxylic acids is 2. The Morgan fingerprint density at radius 1 is 0.542 bits per heavy atom. The van der Waals surface area contributed by atoms with Crippen molar-refractivity contribution in [3.05, 3.63) is 24.3 Å². The maximum absolute atomic E-state index is 12.3. The molecule has 0 aliphatic rings. The fourth-order valence-corrected chi connectivity index (χ4v) is 7.53. The first kappa shape index (κ1) is 57.0. The number of aliphatic hydroxyl groups is 1. The molecular formula is C47H88NO10P. The molecule has 0 aromatic rings. The van der Waals surface area contributed by atoms with Crippen molar-refractivity contribution < 1.29 is 47.8 Å². The van der Waals surface area contributed by atoms with Gasteiger partial charge in [0.25, 0.3) is 0 Å². The minimum Gasteiger partial charge on any atom is -0.480 e. The number of carbonyl (C=O) groups is 3. The number of aliphatic carboxylic acids is 1. The smallest absolute Gasteiger partial charge is 0.472 e. The van der Waals surface area contributed by atoms with E-state index in [4.69, 9.17) is 13.8 Å². The van der Waals surface area contributed by atoms with Crippen molar-refractivity contribution in [2.45, 2.75) is 238 Å². The Labute approximate surface area is 359 Å². The van der Waals surface area contributed by atoms with E-state index in [9.17, 15) is 34.1 Å². The van der Waals surface area contributed by atoms with Crippen molar-refractivity contribution in [1.29, 1.82) is 0 Å². The minimum atomic E-state index is -4.76. The van der Waals surface area contributed by atoms with E-state index in [0.29, 0.717) is 12.8 Å². The summed E-state index contributed by atoms with van der Waals surface area (Å²) < 4.78 is 26.9. The fourth-order valence-electron chi connectivity index (χ4n) is 6.76. The number of ether oxygens (including phenoxy) is 1. The summed E-state index contributed by atoms with van der Waals surface area (Å²) in [5.41, 5.74) is 0. The van der Waals surface area contributed by atoms with Gasteiger partial charge in [-0.05, 0) is 44.9 Å². The summed E-state index contributed by atoms with van der Waals surface area (Å²) in [5.74, 6) is -2.37. The van der Waals surface area contributed by atoms with Crippen LogP contribution in [-0.2, 0) is 32.7 Å². The molecule has 0 heterocycles. The highest BCUT2D eigenvalue weighted by molar-refractivity contribution is 7.47. The van der Waals surface area contributed by atoms with Gasteiger partial charge in [0.05, 0.1) is 13.2 Å². The Bertz CT molecular complexity index is 1100. The molecule has 0 aliphatic heterocycles. The molecule has 4 N–H and O–H groups in total. The van der Waals surface area contributed by atoms with E-state index in [2.05, 4.69) is 43.5 Å². The van der Waals surface area contributed by atoms with Gasteiger partial charge in [-0.3, -0.25) is 18.6 Å². The van der Waals surface area contributed by atoms with Gasteiger partial charge in [0.1, 0.15) is 12.7 Å². The molecule has 3 atom stereocenters. The molecule has 0 aromatic carbocycles. The lowest BCUT2D eigenvalue weighted by molar-refractivity contribution is -0.147. The van der Waals surface area contributed by atoms with Crippen molar-refractivity contribution in [1.82, 2.24) is 5.32 Å². The molecular weight excluding hydrogens is 769 g/mol. The van der Waals surface area contributed by atoms with Crippen molar-refractivity contribution in [2.75, 3.05) is 19.8 Å². The van der Waals surface area contributed by atoms with Gasteiger partial charge in [-0.2, -0.15) is 0 Å². The molecule has 0 fully saturated rings. The Balaban J connectivity index is 3.85. The highest BCUT2D eigenvalue weighted by Gasteiger charge is 2.28. The first-order chi connectivity index (χ1) is 28.6. The monoisotopic (exact) mass is 858 g/mol. The largest absolute Gasteiger partial charge is 0.480 e. The first-order valence-corrected chi connectivity index (χ1v) is 25.4. The molecule has 59 heavy (non-hydrogen) atoms. The van der Waals surface area contributed by atoms with Gasteiger partial charge in [-0.25, -0.2) is 9.36 Å². The topological polar surface area (TPSA) is 169 Å². The maximum Gasteiger partial charge on any atom is 0.472 e. The number of nitrogens with one attached hydrogen (secondary N) is 1. The average molecular weight is 858 g/mol. The first-order valence-electron chi connectivity index (χ1n) is 23.9. The van der Waals surface area contributed by atoms with E-state index in [1.807, 2.05) is 0 Å². The summed E-state index contributed by atoms with van der Waals surface area (Å²) >= 11 is 0. The van der Waals surface area contributed by atoms with Crippen LogP contribution in [0.4, 0.5) is 0 Å². The van der Waals surface area contributed by atoms with Crippen LogP contribution in [0, 0.1) is 0 Å². The van der Waals surface area contributed by atoms with Gasteiger partial charge in [-0.15, -0.1) is 0 Å². The van der Waals surface area contributed by atoms with E-state index >= 15 is 0 Å². The lowest BCUT2D eigenvalue weighted by atomic mass is 10.0. The second-order valence-electron chi connectivity index (χ2n) is 16.3. The number of hydrogen-bond acceptors (Lipinski definition) is 8. The molecule has 12 heteroatoms. The Morgan fingerprint density at radius 2 is 0.932 bits per heavy atom. The molecule has 0 rings (SSSR count). The van der Waals surface area contributed by atoms with Gasteiger partial charge in [-0.1, -0.05) is 192 Å². The number of hydrogen-bond donors (Lipinski definition) is 4. The summed E-state index contributed by atoms with van der Waals surface area (Å²) in [6.45, 7) is 2.59. The van der Waals surface area contributed by atoms with Crippen molar-refractivity contribution >= 4 is 25.7 Å². The highest BCUT2D eigenvalue weighted by Crippen LogP contribution is 2.43. The lowest BCUT2D eigenvalue weighted by Gasteiger charge is -2.18. The quantitative estimate of drug-likeness (QED) is 0.0200. The molecule has 11 nitrogen and oxygen atoms in total. The van der Waals surface area contributed by atoms with Crippen LogP contribution in [0.2, 0.25) is 0 Å². The van der Waals surface area contributed by atoms with Crippen LogP contribution in [0.5, 0.6) is 0 Å². The Kier molecular flexibility index (Phi) is 41.2. The summed E-state index contributed by atoms with van der Waals surface area (Å²) in [4.78, 5) is 46.0. The van der Waals surface area contributed by atoms with Crippen LogP contribution in [0.15, 0.2) is 24.3 Å². The number of unbranched alkanes of at least 4 members (excludes halogenated alkanes) is 27. The number of allylic oxidation sites excluding steroid dienone is 4. The number of phosphoric acid groups is 1. The SMILES string of the molecule is CCCCC/C=C\C/C=C\CCCCCCCCCC(=O)NC(COP(=O)(O)OCC(O)COC(=O)CCCCCCCCCCCCCCCCCCCC)C(=O)O. The molecule has 0 radical (unpaired) electrons. The van der Waals surface area contributed by atoms with E-state index in [-0.39, 0.29) is 12.8 Å². The zero-order chi connectivity index (χ0) is 43.5. The predicted molar refractivity (Wildman–Crippen MR) is 240 cm³/mol. The number of amides is 1. The van der Waals surface area contributed by atoms with Gasteiger partial charge in [0.15, 0.2) is 6.04 Å². The predicted octanol–water partition coefficient (Wildman–Crippen LogP) is 12.6. The molecule has 0 spiro atoms. The molecule has 0 bridgehead atoms. The highest BCUT2D eigenvalue weighted by atomic mass is 31.2. The molecule has 3 unspecified atom stereocenters. The standard InChI is InChI=1S/C47H88NO10P/c1-3-5-7-9-11-13-15-17-19-21-23-25-27-29-31-33-35-37-39-46(51)56-40-43(49)41-57-59(54,55)58-42-44(47(52)53)48-45(50)38-36-34-32-30-28-26-24-22-20-18-16-14-12-10-8-6-4-2/h12,14,18,20,43-44,49H,3-11,13,15-17,19,21-42H2,1-2H3,(H,48,50)(H,52,53)(H,54,55)/b14-12-,20-18-. The van der Waals surface area contributed by atoms with Gasteiger partial charge >= 0.3 is 19.8 Å². The van der Waals surface area contributed by atoms with E-state index in [1.54, 1.807) is 0 Å². The van der Waals surface area contributed by atoms with Crippen LogP contribution in [0.25, 0.3) is 0 Å². The van der Waals surface area contributed by atoms with Crippen molar-refractivity contribution in [3.8, 4) is 0 Å². The third-order valence-corrected chi connectivity index (χ3v) is 11.4. The van der Waals surface area contributed by atoms with Crippen LogP contribution < -0.4 is 5.32 Å². The molecule has 0 aliphatic carbocycles. The van der Waals surface area contributed by atoms with E-state index < -0.39 is 57.6 Å². The van der Waals surface area contributed by atoms with Gasteiger partial charge < -0.3 is 25.2 Å². The van der Waals surface area contributed by atoms with E-state index in [0.717, 1.165) is 57.8 Å². The summed E-state index contributed by atoms with van der Waals surface area (Å²) in [6.07, 6.45) is 44.8. The minimum absolute atomic E-state index is 0.138. The number of rotatable bonds is 45. The lowest BCUT2D eigenvalue weighted by Crippen LogP contribution is -2.43. The zero-order valence-corrected chi connectivity index (χ0v) is 38.5. The van der Waals surface area contributed by atoms with Gasteiger partial charge in [0, 0.05) is 12.8 Å². The number of carboxylic acids is 1. The molecule has 0 saturated carbocycles.